The molecule has 0 bridgehead atoms. The molecule has 0 saturated carbocycles. The number of Topliss-reactive ketones (excluding diaryl/α,β-unsaturated/α-hetero) is 2. The van der Waals surface area contributed by atoms with Gasteiger partial charge in [-0.1, -0.05) is 129 Å². The fourth-order valence-corrected chi connectivity index (χ4v) is 5.05. The molecule has 0 unspecified atom stereocenters. The van der Waals surface area contributed by atoms with E-state index in [4.69, 9.17) is 0 Å². The normalized spacial score (nSPS) is 10.5. The summed E-state index contributed by atoms with van der Waals surface area (Å²) in [5.74, 6) is -0.995. The number of unbranched alkanes of at least 4 members (excludes halogenated alkanes) is 20. The maximum atomic E-state index is 11.6. The fourth-order valence-electron chi connectivity index (χ4n) is 5.05. The van der Waals surface area contributed by atoms with Gasteiger partial charge in [0.05, 0.1) is 0 Å². The molecule has 0 rings (SSSR count). The zero-order valence-corrected chi connectivity index (χ0v) is 29.8. The summed E-state index contributed by atoms with van der Waals surface area (Å²) in [7, 11) is 0. The van der Waals surface area contributed by atoms with E-state index in [1.165, 1.54) is 77.0 Å². The topological polar surface area (TPSA) is 114 Å². The first-order chi connectivity index (χ1) is 20.3. The molecule has 0 aliphatic rings. The SMILES string of the molecule is CCCCCCC(=O)CCCCCCCCCCC(=O)[O-].CCCCCCC(=O)CCCCCCCCCCC(=O)[O-].[Mg+2]. The molecule has 0 N–H and O–H groups in total. The Morgan fingerprint density at radius 3 is 0.721 bits per heavy atom. The van der Waals surface area contributed by atoms with Crippen molar-refractivity contribution >= 4 is 46.6 Å². The van der Waals surface area contributed by atoms with Gasteiger partial charge in [0.15, 0.2) is 0 Å². The van der Waals surface area contributed by atoms with Crippen LogP contribution in [0, 0.1) is 0 Å². The van der Waals surface area contributed by atoms with E-state index in [9.17, 15) is 29.4 Å². The van der Waals surface area contributed by atoms with E-state index in [1.54, 1.807) is 0 Å². The maximum Gasteiger partial charge on any atom is 2.00 e. The second-order valence-electron chi connectivity index (χ2n) is 12.1. The molecule has 0 spiro atoms. The Hall–Kier alpha value is -0.954. The molecule has 0 fully saturated rings. The molecule has 0 aliphatic heterocycles. The second kappa shape index (κ2) is 39.1. The quantitative estimate of drug-likeness (QED) is 0.0558. The standard InChI is InChI=1S/2C18H34O3.Mg/c2*1-2-3-4-11-14-17(19)15-12-9-7-5-6-8-10-13-16-18(20)21;/h2*2-16H2,1H3,(H,20,21);/q;;+2/p-2. The number of aliphatic carboxylic acids is 2. The number of carbonyl (C=O) groups excluding carboxylic acids is 4. The van der Waals surface area contributed by atoms with E-state index in [0.717, 1.165) is 103 Å². The van der Waals surface area contributed by atoms with Gasteiger partial charge in [-0.25, -0.2) is 0 Å². The number of ketones is 2. The zero-order valence-electron chi connectivity index (χ0n) is 28.4. The number of carboxylic acid groups (broad SMARTS) is 2. The summed E-state index contributed by atoms with van der Waals surface area (Å²) >= 11 is 0. The van der Waals surface area contributed by atoms with Crippen molar-refractivity contribution in [1.29, 1.82) is 0 Å². The molecule has 0 atom stereocenters. The predicted molar refractivity (Wildman–Crippen MR) is 176 cm³/mol. The summed E-state index contributed by atoms with van der Waals surface area (Å²) in [5, 5.41) is 20.4. The number of rotatable bonds is 32. The molecule has 6 nitrogen and oxygen atoms in total. The molecule has 0 radical (unpaired) electrons. The minimum Gasteiger partial charge on any atom is -0.550 e. The molecular weight excluding hydrogens is 553 g/mol. The number of carboxylic acids is 2. The van der Waals surface area contributed by atoms with Gasteiger partial charge in [0.2, 0.25) is 0 Å². The predicted octanol–water partition coefficient (Wildman–Crippen LogP) is 7.97. The van der Waals surface area contributed by atoms with Crippen LogP contribution in [-0.2, 0) is 19.2 Å². The van der Waals surface area contributed by atoms with Crippen molar-refractivity contribution in [2.45, 2.75) is 206 Å². The zero-order chi connectivity index (χ0) is 31.5. The number of hydrogen-bond donors (Lipinski definition) is 0. The monoisotopic (exact) mass is 618 g/mol. The summed E-state index contributed by atoms with van der Waals surface area (Å²) in [6.07, 6.45) is 30.2. The third-order valence-electron chi connectivity index (χ3n) is 7.79. The van der Waals surface area contributed by atoms with E-state index in [-0.39, 0.29) is 35.9 Å². The Labute approximate surface area is 281 Å². The second-order valence-corrected chi connectivity index (χ2v) is 12.1. The number of hydrogen-bond acceptors (Lipinski definition) is 6. The van der Waals surface area contributed by atoms with Crippen LogP contribution in [0.1, 0.15) is 206 Å². The summed E-state index contributed by atoms with van der Waals surface area (Å²) in [5.41, 5.74) is 0. The van der Waals surface area contributed by atoms with Crippen molar-refractivity contribution in [2.75, 3.05) is 0 Å². The molecule has 43 heavy (non-hydrogen) atoms. The van der Waals surface area contributed by atoms with Gasteiger partial charge in [-0.2, -0.15) is 0 Å². The van der Waals surface area contributed by atoms with Crippen LogP contribution in [0.2, 0.25) is 0 Å². The average Bonchev–Trinajstić information content (AvgIpc) is 2.95. The summed E-state index contributed by atoms with van der Waals surface area (Å²) in [6, 6.07) is 0. The van der Waals surface area contributed by atoms with E-state index in [1.807, 2.05) is 0 Å². The molecule has 0 aromatic rings. The van der Waals surface area contributed by atoms with E-state index < -0.39 is 11.9 Å². The molecule has 0 aromatic carbocycles. The minimum atomic E-state index is -0.936. The van der Waals surface area contributed by atoms with E-state index in [0.29, 0.717) is 11.6 Å². The van der Waals surface area contributed by atoms with Crippen LogP contribution in [-0.4, -0.2) is 46.6 Å². The van der Waals surface area contributed by atoms with Crippen LogP contribution in [0.15, 0.2) is 0 Å². The van der Waals surface area contributed by atoms with Gasteiger partial charge in [-0.05, 0) is 51.4 Å². The maximum absolute atomic E-state index is 11.6. The van der Waals surface area contributed by atoms with E-state index >= 15 is 0 Å². The van der Waals surface area contributed by atoms with Gasteiger partial charge in [0.1, 0.15) is 11.6 Å². The van der Waals surface area contributed by atoms with Crippen molar-refractivity contribution in [3.8, 4) is 0 Å². The van der Waals surface area contributed by atoms with Crippen LogP contribution in [0.25, 0.3) is 0 Å². The smallest absolute Gasteiger partial charge is 0.550 e. The summed E-state index contributed by atoms with van der Waals surface area (Å²) < 4.78 is 0. The molecule has 0 aromatic heterocycles. The first kappa shape index (κ1) is 46.5. The van der Waals surface area contributed by atoms with Gasteiger partial charge in [-0.3, -0.25) is 9.59 Å². The van der Waals surface area contributed by atoms with Crippen molar-refractivity contribution in [3.05, 3.63) is 0 Å². The van der Waals surface area contributed by atoms with Gasteiger partial charge in [0.25, 0.3) is 0 Å². The third-order valence-corrected chi connectivity index (χ3v) is 7.79. The van der Waals surface area contributed by atoms with Gasteiger partial charge < -0.3 is 19.8 Å². The molecule has 0 heterocycles. The van der Waals surface area contributed by atoms with Crippen LogP contribution >= 0.6 is 0 Å². The summed E-state index contributed by atoms with van der Waals surface area (Å²) in [6.45, 7) is 4.37. The number of carbonyl (C=O) groups is 4. The van der Waals surface area contributed by atoms with Crippen molar-refractivity contribution < 1.29 is 29.4 Å². The fraction of sp³-hybridized carbons (Fsp3) is 0.889. The Kier molecular flexibility index (Phi) is 42.2. The van der Waals surface area contributed by atoms with Crippen LogP contribution in [0.3, 0.4) is 0 Å². The molecule has 0 aliphatic carbocycles. The van der Waals surface area contributed by atoms with Gasteiger partial charge in [0, 0.05) is 37.6 Å². The van der Waals surface area contributed by atoms with Crippen molar-refractivity contribution in [1.82, 2.24) is 0 Å². The largest absolute Gasteiger partial charge is 2.00 e. The molecule has 7 heteroatoms. The minimum absolute atomic E-state index is 0. The van der Waals surface area contributed by atoms with Crippen LogP contribution in [0.4, 0.5) is 0 Å². The van der Waals surface area contributed by atoms with Gasteiger partial charge in [-0.15, -0.1) is 0 Å². The molecule has 248 valence electrons. The Balaban J connectivity index is -0.000000727. The average molecular weight is 619 g/mol. The molecule has 0 amide bonds. The van der Waals surface area contributed by atoms with Crippen LogP contribution < -0.4 is 10.2 Å². The van der Waals surface area contributed by atoms with Crippen molar-refractivity contribution in [2.24, 2.45) is 0 Å². The Morgan fingerprint density at radius 2 is 0.512 bits per heavy atom. The van der Waals surface area contributed by atoms with Gasteiger partial charge >= 0.3 is 23.1 Å². The third kappa shape index (κ3) is 45.6. The molecule has 0 saturated heterocycles. The Morgan fingerprint density at radius 1 is 0.326 bits per heavy atom. The first-order valence-electron chi connectivity index (χ1n) is 17.8. The summed E-state index contributed by atoms with van der Waals surface area (Å²) in [4.78, 5) is 43.7. The van der Waals surface area contributed by atoms with Crippen LogP contribution in [0.5, 0.6) is 0 Å². The van der Waals surface area contributed by atoms with Crippen molar-refractivity contribution in [3.63, 3.8) is 0 Å². The molecular formula is C36H66MgO6. The van der Waals surface area contributed by atoms with E-state index in [2.05, 4.69) is 13.8 Å². The Bertz CT molecular complexity index is 583. The first-order valence-corrected chi connectivity index (χ1v) is 17.8.